The maximum Gasteiger partial charge on any atom is 0.258 e. The van der Waals surface area contributed by atoms with Gasteiger partial charge in [-0.1, -0.05) is 79.2 Å². The second kappa shape index (κ2) is 10.9. The van der Waals surface area contributed by atoms with E-state index in [0.29, 0.717) is 29.8 Å². The van der Waals surface area contributed by atoms with Crippen LogP contribution in [0.5, 0.6) is 0 Å². The predicted molar refractivity (Wildman–Crippen MR) is 135 cm³/mol. The molecular weight excluding hydrogens is 424 g/mol. The lowest BCUT2D eigenvalue weighted by molar-refractivity contribution is -0.123. The molecule has 3 aromatic carbocycles. The molecule has 0 aliphatic heterocycles. The number of aromatic amines is 1. The van der Waals surface area contributed by atoms with Crippen molar-refractivity contribution in [3.63, 3.8) is 0 Å². The normalized spacial score (nSPS) is 12.1. The van der Waals surface area contributed by atoms with Gasteiger partial charge in [-0.15, -0.1) is 0 Å². The quantitative estimate of drug-likeness (QED) is 0.390. The maximum atomic E-state index is 13.1. The molecule has 0 radical (unpaired) electrons. The number of nitrogens with zero attached hydrogens (tertiary/aromatic N) is 2. The van der Waals surface area contributed by atoms with Crippen LogP contribution in [0, 0.1) is 6.92 Å². The van der Waals surface area contributed by atoms with Gasteiger partial charge >= 0.3 is 0 Å². The molecular formula is C28H30N4O2. The molecule has 0 spiro atoms. The highest BCUT2D eigenvalue weighted by atomic mass is 16.2. The van der Waals surface area contributed by atoms with E-state index in [2.05, 4.69) is 53.4 Å². The number of para-hydroxylation sites is 1. The van der Waals surface area contributed by atoms with Gasteiger partial charge in [0.2, 0.25) is 5.91 Å². The Labute approximate surface area is 199 Å². The summed E-state index contributed by atoms with van der Waals surface area (Å²) < 4.78 is 0. The largest absolute Gasteiger partial charge is 0.348 e. The third-order valence-corrected chi connectivity index (χ3v) is 5.87. The van der Waals surface area contributed by atoms with Crippen molar-refractivity contribution in [3.8, 4) is 0 Å². The van der Waals surface area contributed by atoms with Crippen molar-refractivity contribution in [1.29, 1.82) is 0 Å². The third-order valence-electron chi connectivity index (χ3n) is 5.87. The van der Waals surface area contributed by atoms with Crippen LogP contribution in [0.4, 0.5) is 0 Å². The summed E-state index contributed by atoms with van der Waals surface area (Å²) in [6, 6.07) is 25.5. The molecule has 6 nitrogen and oxygen atoms in total. The van der Waals surface area contributed by atoms with E-state index < -0.39 is 0 Å². The Bertz CT molecular complexity index is 1300. The van der Waals surface area contributed by atoms with Crippen molar-refractivity contribution in [2.45, 2.75) is 39.4 Å². The summed E-state index contributed by atoms with van der Waals surface area (Å²) in [6.07, 6.45) is 0.799. The van der Waals surface area contributed by atoms with Crippen molar-refractivity contribution in [3.05, 3.63) is 112 Å². The fourth-order valence-corrected chi connectivity index (χ4v) is 4.09. The van der Waals surface area contributed by atoms with E-state index in [9.17, 15) is 9.59 Å². The van der Waals surface area contributed by atoms with Crippen LogP contribution in [0.25, 0.3) is 10.9 Å². The number of amides is 1. The van der Waals surface area contributed by atoms with Crippen LogP contribution in [0.2, 0.25) is 0 Å². The first-order chi connectivity index (χ1) is 16.5. The maximum absolute atomic E-state index is 13.1. The molecule has 1 atom stereocenters. The lowest BCUT2D eigenvalue weighted by atomic mass is 10.0. The number of benzene rings is 3. The van der Waals surface area contributed by atoms with Gasteiger partial charge < -0.3 is 10.3 Å². The van der Waals surface area contributed by atoms with Gasteiger partial charge in [-0.05, 0) is 36.6 Å². The van der Waals surface area contributed by atoms with Crippen molar-refractivity contribution in [2.24, 2.45) is 0 Å². The highest BCUT2D eigenvalue weighted by Crippen LogP contribution is 2.17. The molecule has 0 saturated carbocycles. The molecule has 2 N–H and O–H groups in total. The fraction of sp³-hybridized carbons (Fsp3) is 0.250. The zero-order chi connectivity index (χ0) is 23.9. The molecule has 0 fully saturated rings. The SMILES string of the molecule is CC[C@@H](NC(=O)CN(Cc1ccccc1)Cc1nc2ccccc2c(=O)[nH]1)c1ccc(C)cc1. The lowest BCUT2D eigenvalue weighted by Crippen LogP contribution is -2.38. The molecule has 0 saturated heterocycles. The number of hydrogen-bond donors (Lipinski definition) is 2. The average Bonchev–Trinajstić information content (AvgIpc) is 2.84. The molecule has 1 amide bonds. The Morgan fingerprint density at radius 2 is 1.68 bits per heavy atom. The van der Waals surface area contributed by atoms with Gasteiger partial charge in [0.25, 0.3) is 5.56 Å². The minimum atomic E-state index is -0.171. The van der Waals surface area contributed by atoms with E-state index in [-0.39, 0.29) is 24.1 Å². The summed E-state index contributed by atoms with van der Waals surface area (Å²) in [4.78, 5) is 35.1. The number of fused-ring (bicyclic) bond motifs is 1. The van der Waals surface area contributed by atoms with E-state index in [4.69, 9.17) is 0 Å². The molecule has 6 heteroatoms. The first kappa shape index (κ1) is 23.4. The second-order valence-corrected chi connectivity index (χ2v) is 8.60. The first-order valence-corrected chi connectivity index (χ1v) is 11.6. The molecule has 0 aliphatic rings. The van der Waals surface area contributed by atoms with Gasteiger partial charge in [-0.25, -0.2) is 4.98 Å². The van der Waals surface area contributed by atoms with Crippen LogP contribution < -0.4 is 10.9 Å². The smallest absolute Gasteiger partial charge is 0.258 e. The van der Waals surface area contributed by atoms with E-state index in [1.165, 1.54) is 5.56 Å². The van der Waals surface area contributed by atoms with Gasteiger partial charge in [0, 0.05) is 6.54 Å². The zero-order valence-electron chi connectivity index (χ0n) is 19.6. The summed E-state index contributed by atoms with van der Waals surface area (Å²) in [5.74, 6) is 0.476. The summed E-state index contributed by atoms with van der Waals surface area (Å²) in [6.45, 7) is 5.22. The number of carbonyl (C=O) groups excluding carboxylic acids is 1. The first-order valence-electron chi connectivity index (χ1n) is 11.6. The summed E-state index contributed by atoms with van der Waals surface area (Å²) in [5, 5.41) is 3.73. The summed E-state index contributed by atoms with van der Waals surface area (Å²) in [7, 11) is 0. The van der Waals surface area contributed by atoms with Gasteiger partial charge in [0.1, 0.15) is 5.82 Å². The van der Waals surface area contributed by atoms with Crippen LogP contribution >= 0.6 is 0 Å². The van der Waals surface area contributed by atoms with E-state index in [1.807, 2.05) is 53.4 Å². The molecule has 0 bridgehead atoms. The third kappa shape index (κ3) is 5.97. The number of hydrogen-bond acceptors (Lipinski definition) is 4. The minimum Gasteiger partial charge on any atom is -0.348 e. The van der Waals surface area contributed by atoms with E-state index >= 15 is 0 Å². The monoisotopic (exact) mass is 454 g/mol. The van der Waals surface area contributed by atoms with Crippen molar-refractivity contribution >= 4 is 16.8 Å². The number of carbonyl (C=O) groups is 1. The van der Waals surface area contributed by atoms with Crippen LogP contribution in [0.3, 0.4) is 0 Å². The number of aromatic nitrogens is 2. The number of rotatable bonds is 9. The van der Waals surface area contributed by atoms with Gasteiger partial charge in [0.15, 0.2) is 0 Å². The van der Waals surface area contributed by atoms with Gasteiger partial charge in [-0.3, -0.25) is 14.5 Å². The van der Waals surface area contributed by atoms with E-state index in [0.717, 1.165) is 17.5 Å². The Morgan fingerprint density at radius 3 is 2.41 bits per heavy atom. The number of H-pyrrole nitrogens is 1. The number of nitrogens with one attached hydrogen (secondary N) is 2. The molecule has 4 rings (SSSR count). The van der Waals surface area contributed by atoms with Crippen molar-refractivity contribution < 1.29 is 4.79 Å². The highest BCUT2D eigenvalue weighted by Gasteiger charge is 2.18. The highest BCUT2D eigenvalue weighted by molar-refractivity contribution is 5.79. The molecule has 34 heavy (non-hydrogen) atoms. The Hall–Kier alpha value is -3.77. The molecule has 0 aliphatic carbocycles. The predicted octanol–water partition coefficient (Wildman–Crippen LogP) is 4.50. The van der Waals surface area contributed by atoms with Crippen LogP contribution in [-0.4, -0.2) is 27.3 Å². The van der Waals surface area contributed by atoms with Crippen molar-refractivity contribution in [1.82, 2.24) is 20.2 Å². The van der Waals surface area contributed by atoms with Crippen LogP contribution in [0.15, 0.2) is 83.7 Å². The lowest BCUT2D eigenvalue weighted by Gasteiger charge is -2.24. The van der Waals surface area contributed by atoms with Crippen LogP contribution in [0.1, 0.15) is 41.9 Å². The van der Waals surface area contributed by atoms with E-state index in [1.54, 1.807) is 6.07 Å². The standard InChI is InChI=1S/C28H30N4O2/c1-3-24(22-15-13-20(2)14-16-22)30-27(33)19-32(17-21-9-5-4-6-10-21)18-26-29-25-12-8-7-11-23(25)28(34)31-26/h4-16,24H,3,17-19H2,1-2H3,(H,30,33)(H,29,31,34)/t24-/m1/s1. The summed E-state index contributed by atoms with van der Waals surface area (Å²) >= 11 is 0. The molecule has 1 aromatic heterocycles. The number of aryl methyl sites for hydroxylation is 1. The van der Waals surface area contributed by atoms with Gasteiger partial charge in [-0.2, -0.15) is 0 Å². The summed E-state index contributed by atoms with van der Waals surface area (Å²) in [5.41, 5.74) is 3.85. The Morgan fingerprint density at radius 1 is 0.971 bits per heavy atom. The Balaban J connectivity index is 1.53. The molecule has 4 aromatic rings. The second-order valence-electron chi connectivity index (χ2n) is 8.60. The molecule has 0 unspecified atom stereocenters. The topological polar surface area (TPSA) is 78.1 Å². The Kier molecular flexibility index (Phi) is 7.50. The molecule has 1 heterocycles. The van der Waals surface area contributed by atoms with Crippen LogP contribution in [-0.2, 0) is 17.9 Å². The fourth-order valence-electron chi connectivity index (χ4n) is 4.09. The van der Waals surface area contributed by atoms with Gasteiger partial charge in [0.05, 0.1) is 30.0 Å². The molecule has 174 valence electrons. The van der Waals surface area contributed by atoms with Crippen molar-refractivity contribution in [2.75, 3.05) is 6.54 Å². The zero-order valence-corrected chi connectivity index (χ0v) is 19.6. The minimum absolute atomic E-state index is 0.0507. The average molecular weight is 455 g/mol.